The molecule has 9 atom stereocenters. The van der Waals surface area contributed by atoms with E-state index in [-0.39, 0.29) is 81.2 Å². The number of aliphatic hydroxyl groups is 2. The maximum atomic E-state index is 14.0. The largest absolute Gasteiger partial charge is 0.481 e. The Kier molecular flexibility index (Phi) is 28.4. The minimum atomic E-state index is -1.64. The van der Waals surface area contributed by atoms with E-state index in [4.69, 9.17) is 17.2 Å². The van der Waals surface area contributed by atoms with Gasteiger partial charge in [-0.15, -0.1) is 0 Å². The molecule has 1 heterocycles. The fourth-order valence-electron chi connectivity index (χ4n) is 7.78. The fourth-order valence-corrected chi connectivity index (χ4v) is 7.78. The zero-order valence-corrected chi connectivity index (χ0v) is 42.9. The molecule has 410 valence electrons. The van der Waals surface area contributed by atoms with E-state index in [2.05, 4.69) is 42.2 Å². The maximum absolute atomic E-state index is 14.0. The van der Waals surface area contributed by atoms with E-state index in [0.717, 1.165) is 4.90 Å². The average molecular weight is 1030 g/mol. The predicted molar refractivity (Wildman–Crippen MR) is 263 cm³/mol. The number of nitrogens with one attached hydrogen (secondary N) is 7. The van der Waals surface area contributed by atoms with E-state index in [1.165, 1.54) is 0 Å². The topological polar surface area (TPSA) is 429 Å². The molecule has 0 radical (unpaired) electrons. The third kappa shape index (κ3) is 23.4. The van der Waals surface area contributed by atoms with Gasteiger partial charge in [0.15, 0.2) is 5.96 Å². The first kappa shape index (κ1) is 63.9. The summed E-state index contributed by atoms with van der Waals surface area (Å²) in [7, 11) is 0. The molecular formula is C46H82N12O14. The van der Waals surface area contributed by atoms with E-state index < -0.39 is 140 Å². The number of carboxylic acids is 2. The molecule has 72 heavy (non-hydrogen) atoms. The molecule has 1 aliphatic heterocycles. The molecule has 1 aliphatic rings. The first-order valence-electron chi connectivity index (χ1n) is 24.5. The van der Waals surface area contributed by atoms with Crippen molar-refractivity contribution in [3.8, 4) is 0 Å². The van der Waals surface area contributed by atoms with Crippen molar-refractivity contribution in [2.75, 3.05) is 26.3 Å². The van der Waals surface area contributed by atoms with Crippen LogP contribution in [0.15, 0.2) is 4.99 Å². The Bertz CT molecular complexity index is 1880. The molecule has 1 saturated heterocycles. The first-order valence-corrected chi connectivity index (χ1v) is 24.5. The van der Waals surface area contributed by atoms with Crippen molar-refractivity contribution in [3.63, 3.8) is 0 Å². The Morgan fingerprint density at radius 1 is 0.556 bits per heavy atom. The molecule has 0 aromatic heterocycles. The van der Waals surface area contributed by atoms with Crippen molar-refractivity contribution < 1.29 is 68.4 Å². The van der Waals surface area contributed by atoms with E-state index in [0.29, 0.717) is 12.8 Å². The van der Waals surface area contributed by atoms with Gasteiger partial charge in [0, 0.05) is 19.5 Å². The maximum Gasteiger partial charge on any atom is 0.326 e. The quantitative estimate of drug-likeness (QED) is 0.0176. The second kappa shape index (κ2) is 32.0. The molecule has 1 rings (SSSR count). The van der Waals surface area contributed by atoms with Crippen molar-refractivity contribution >= 4 is 65.2 Å². The Morgan fingerprint density at radius 3 is 1.40 bits per heavy atom. The van der Waals surface area contributed by atoms with Crippen LogP contribution in [-0.4, -0.2) is 171 Å². The Morgan fingerprint density at radius 2 is 0.958 bits per heavy atom. The summed E-state index contributed by atoms with van der Waals surface area (Å²) >= 11 is 0. The molecule has 0 aromatic rings. The van der Waals surface area contributed by atoms with Gasteiger partial charge in [-0.25, -0.2) is 4.79 Å². The van der Waals surface area contributed by atoms with Gasteiger partial charge in [-0.05, 0) is 81.5 Å². The third-order valence-electron chi connectivity index (χ3n) is 11.4. The van der Waals surface area contributed by atoms with E-state index in [9.17, 15) is 68.4 Å². The van der Waals surface area contributed by atoms with Gasteiger partial charge in [-0.2, -0.15) is 0 Å². The molecule has 0 aliphatic carbocycles. The normalized spacial score (nSPS) is 16.8. The summed E-state index contributed by atoms with van der Waals surface area (Å²) in [6.07, 6.45) is 0.142. The monoisotopic (exact) mass is 1030 g/mol. The SMILES string of the molecule is CC(C)C[C@H](NC(=O)[C@H](CC(C)C)NC(=O)[C@H](CC(C)C)NC(=O)[C@@H]1CCCN1C(=O)[C@H](CO)NC(=O)[C@H](CC(C)C)NC(=O)[C@H](CCC(=O)O)NC(=O)[C@H](CO)NC(=O)[C@@H](N)CCCN=C(N)N)C(=O)O. The number of hydrogen-bond donors (Lipinski definition) is 14. The summed E-state index contributed by atoms with van der Waals surface area (Å²) in [4.78, 5) is 137. The second-order valence-electron chi connectivity index (χ2n) is 19.8. The van der Waals surface area contributed by atoms with Crippen LogP contribution in [0.1, 0.15) is 120 Å². The number of likely N-dealkylation sites (tertiary alicyclic amines) is 1. The summed E-state index contributed by atoms with van der Waals surface area (Å²) in [5.74, 6) is -10.2. The van der Waals surface area contributed by atoms with Gasteiger partial charge in [-0.1, -0.05) is 55.4 Å². The second-order valence-corrected chi connectivity index (χ2v) is 19.8. The van der Waals surface area contributed by atoms with Crippen LogP contribution < -0.4 is 54.4 Å². The van der Waals surface area contributed by atoms with Gasteiger partial charge < -0.3 is 79.7 Å². The number of carbonyl (C=O) groups is 10. The lowest BCUT2D eigenvalue weighted by atomic mass is 9.98. The van der Waals surface area contributed by atoms with Crippen molar-refractivity contribution in [3.05, 3.63) is 0 Å². The van der Waals surface area contributed by atoms with Crippen LogP contribution in [0.25, 0.3) is 0 Å². The van der Waals surface area contributed by atoms with E-state index in [1.54, 1.807) is 27.7 Å². The van der Waals surface area contributed by atoms with E-state index in [1.807, 2.05) is 27.7 Å². The number of amides is 8. The lowest BCUT2D eigenvalue weighted by molar-refractivity contribution is -0.143. The molecule has 26 heteroatoms. The molecule has 0 spiro atoms. The van der Waals surface area contributed by atoms with Crippen LogP contribution in [0.4, 0.5) is 0 Å². The lowest BCUT2D eigenvalue weighted by Crippen LogP contribution is -2.61. The van der Waals surface area contributed by atoms with Gasteiger partial charge in [-0.3, -0.25) is 48.1 Å². The lowest BCUT2D eigenvalue weighted by Gasteiger charge is -2.31. The standard InChI is InChI=1S/C46H82N12O14/c1-23(2)17-29(40(66)55-32(45(71)72)20-26(7)8)53-39(65)31(19-25(5)6)54-43(69)35-12-10-16-58(35)44(70)34(22-60)57-41(67)30(18-24(3)4)52-38(64)28(13-14-36(61)62)51-42(68)33(21-59)56-37(63)27(47)11-9-15-50-46(48)49/h23-35,59-60H,9-22,47H2,1-8H3,(H,51,68)(H,52,64)(H,53,65)(H,54,69)(H,55,66)(H,56,63)(H,57,67)(H,61,62)(H,71,72)(H4,48,49,50)/t27-,28-,29-,30-,31-,32-,33-,34-,35-/m0/s1. The van der Waals surface area contributed by atoms with Crippen LogP contribution in [-0.2, 0) is 47.9 Å². The highest BCUT2D eigenvalue weighted by Gasteiger charge is 2.40. The Labute approximate surface area is 420 Å². The highest BCUT2D eigenvalue weighted by Crippen LogP contribution is 2.20. The zero-order valence-electron chi connectivity index (χ0n) is 42.9. The Balaban J connectivity index is 3.27. The highest BCUT2D eigenvalue weighted by atomic mass is 16.4. The number of aliphatic imine (C=N–C) groups is 1. The number of guanidine groups is 1. The molecule has 0 saturated carbocycles. The summed E-state index contributed by atoms with van der Waals surface area (Å²) in [6.45, 7) is 12.6. The van der Waals surface area contributed by atoms with Crippen molar-refractivity contribution in [1.29, 1.82) is 0 Å². The minimum absolute atomic E-state index is 0.0276. The van der Waals surface area contributed by atoms with Crippen molar-refractivity contribution in [1.82, 2.24) is 42.1 Å². The first-order chi connectivity index (χ1) is 33.6. The van der Waals surface area contributed by atoms with Crippen LogP contribution >= 0.6 is 0 Å². The molecule has 26 nitrogen and oxygen atoms in total. The molecule has 0 unspecified atom stereocenters. The fraction of sp³-hybridized carbons (Fsp3) is 0.761. The smallest absolute Gasteiger partial charge is 0.326 e. The van der Waals surface area contributed by atoms with Crippen molar-refractivity contribution in [2.45, 2.75) is 174 Å². The Hall–Kier alpha value is -6.15. The molecule has 0 aromatic carbocycles. The average Bonchev–Trinajstić information content (AvgIpc) is 3.78. The van der Waals surface area contributed by atoms with Gasteiger partial charge in [0.1, 0.15) is 48.3 Å². The summed E-state index contributed by atoms with van der Waals surface area (Å²) < 4.78 is 0. The molecule has 1 fully saturated rings. The summed E-state index contributed by atoms with van der Waals surface area (Å²) in [5, 5.41) is 56.9. The number of nitrogens with zero attached hydrogens (tertiary/aromatic N) is 2. The molecule has 8 amide bonds. The zero-order chi connectivity index (χ0) is 55.0. The van der Waals surface area contributed by atoms with Crippen molar-refractivity contribution in [2.24, 2.45) is 45.9 Å². The van der Waals surface area contributed by atoms with Gasteiger partial charge in [0.05, 0.1) is 19.3 Å². The van der Waals surface area contributed by atoms with Gasteiger partial charge in [0.2, 0.25) is 47.3 Å². The molecule has 0 bridgehead atoms. The summed E-state index contributed by atoms with van der Waals surface area (Å²) in [6, 6.07) is -12.1. The number of aliphatic carboxylic acids is 2. The number of rotatable bonds is 33. The molecule has 17 N–H and O–H groups in total. The van der Waals surface area contributed by atoms with Gasteiger partial charge >= 0.3 is 11.9 Å². The molecular weight excluding hydrogens is 945 g/mol. The minimum Gasteiger partial charge on any atom is -0.481 e. The number of nitrogens with two attached hydrogens (primary N) is 3. The number of aliphatic hydroxyl groups excluding tert-OH is 2. The predicted octanol–water partition coefficient (Wildman–Crippen LogP) is -3.13. The number of hydrogen-bond acceptors (Lipinski definition) is 14. The van der Waals surface area contributed by atoms with Gasteiger partial charge in [0.25, 0.3) is 0 Å². The number of carboxylic acid groups (broad SMARTS) is 2. The summed E-state index contributed by atoms with van der Waals surface area (Å²) in [5.41, 5.74) is 16.5. The van der Waals surface area contributed by atoms with Crippen LogP contribution in [0.2, 0.25) is 0 Å². The third-order valence-corrected chi connectivity index (χ3v) is 11.4. The van der Waals surface area contributed by atoms with Crippen LogP contribution in [0, 0.1) is 23.7 Å². The highest BCUT2D eigenvalue weighted by molar-refractivity contribution is 5.98. The number of carbonyl (C=O) groups excluding carboxylic acids is 8. The van der Waals surface area contributed by atoms with Crippen LogP contribution in [0.3, 0.4) is 0 Å². The van der Waals surface area contributed by atoms with E-state index >= 15 is 0 Å². The van der Waals surface area contributed by atoms with Crippen LogP contribution in [0.5, 0.6) is 0 Å².